The van der Waals surface area contributed by atoms with Gasteiger partial charge in [0.1, 0.15) is 13.2 Å². The van der Waals surface area contributed by atoms with Gasteiger partial charge in [0, 0.05) is 12.8 Å². The van der Waals surface area contributed by atoms with E-state index in [1.54, 1.807) is 6.08 Å². The minimum absolute atomic E-state index is 0.119. The average Bonchev–Trinajstić information content (AvgIpc) is 3.26. The first-order valence-electron chi connectivity index (χ1n) is 24.1. The van der Waals surface area contributed by atoms with Gasteiger partial charge in [0.2, 0.25) is 0 Å². The Morgan fingerprint density at radius 2 is 0.787 bits per heavy atom. The van der Waals surface area contributed by atoms with E-state index in [1.807, 2.05) is 42.5 Å². The molecule has 61 heavy (non-hydrogen) atoms. The second-order valence-corrected chi connectivity index (χ2v) is 15.4. The summed E-state index contributed by atoms with van der Waals surface area (Å²) < 4.78 is 16.6. The van der Waals surface area contributed by atoms with E-state index in [2.05, 4.69) is 93.7 Å². The summed E-state index contributed by atoms with van der Waals surface area (Å²) in [5.74, 6) is -1.12. The average molecular weight is 843 g/mol. The Labute approximate surface area is 373 Å². The van der Waals surface area contributed by atoms with Crippen LogP contribution in [0.4, 0.5) is 0 Å². The summed E-state index contributed by atoms with van der Waals surface area (Å²) in [7, 11) is 0. The Hall–Kier alpha value is -4.19. The highest BCUT2D eigenvalue weighted by molar-refractivity contribution is 5.72. The van der Waals surface area contributed by atoms with Gasteiger partial charge < -0.3 is 14.2 Å². The number of carbonyl (C=O) groups is 3. The summed E-state index contributed by atoms with van der Waals surface area (Å²) in [4.78, 5) is 37.7. The van der Waals surface area contributed by atoms with Gasteiger partial charge in [-0.05, 0) is 77.0 Å². The topological polar surface area (TPSA) is 78.9 Å². The van der Waals surface area contributed by atoms with Gasteiger partial charge in [0.05, 0.1) is 6.42 Å². The predicted octanol–water partition coefficient (Wildman–Crippen LogP) is 15.7. The van der Waals surface area contributed by atoms with Crippen molar-refractivity contribution in [2.45, 2.75) is 194 Å². The van der Waals surface area contributed by atoms with E-state index in [9.17, 15) is 14.4 Å². The Morgan fingerprint density at radius 1 is 0.377 bits per heavy atom. The molecule has 0 rings (SSSR count). The Kier molecular flexibility index (Phi) is 45.1. The third-order valence-electron chi connectivity index (χ3n) is 9.59. The van der Waals surface area contributed by atoms with Crippen LogP contribution in [0.1, 0.15) is 188 Å². The first kappa shape index (κ1) is 56.8. The minimum Gasteiger partial charge on any atom is -0.462 e. The van der Waals surface area contributed by atoms with E-state index in [0.717, 1.165) is 89.9 Å². The number of rotatable bonds is 41. The van der Waals surface area contributed by atoms with Gasteiger partial charge in [-0.2, -0.15) is 0 Å². The van der Waals surface area contributed by atoms with Crippen molar-refractivity contribution in [2.75, 3.05) is 13.2 Å². The SMILES string of the molecule is CC/C=C\C/C=C\C/C=C\CC(=O)OCC(COC(=O)CCCCCCC\C=C/C=C\C=C/C=C\C=C/CCC)OC(=O)CCCCC/C=C\C=C/CCCCCCCCC. The number of hydrogen-bond acceptors (Lipinski definition) is 6. The van der Waals surface area contributed by atoms with Crippen LogP contribution in [0.25, 0.3) is 0 Å². The van der Waals surface area contributed by atoms with Gasteiger partial charge >= 0.3 is 17.9 Å². The largest absolute Gasteiger partial charge is 0.462 e. The molecule has 1 unspecified atom stereocenters. The Morgan fingerprint density at radius 3 is 1.33 bits per heavy atom. The van der Waals surface area contributed by atoms with Crippen molar-refractivity contribution in [1.82, 2.24) is 0 Å². The molecule has 0 amide bonds. The lowest BCUT2D eigenvalue weighted by atomic mass is 10.1. The summed E-state index contributed by atoms with van der Waals surface area (Å²) in [5.41, 5.74) is 0. The van der Waals surface area contributed by atoms with Crippen LogP contribution >= 0.6 is 0 Å². The Bertz CT molecular complexity index is 1340. The molecule has 0 saturated heterocycles. The van der Waals surface area contributed by atoms with Gasteiger partial charge in [0.15, 0.2) is 6.10 Å². The zero-order valence-electron chi connectivity index (χ0n) is 38.9. The molecule has 1 atom stereocenters. The molecule has 6 nitrogen and oxygen atoms in total. The molecule has 0 fully saturated rings. The maximum atomic E-state index is 12.7. The molecule has 0 saturated carbocycles. The van der Waals surface area contributed by atoms with Crippen LogP contribution in [-0.4, -0.2) is 37.2 Å². The van der Waals surface area contributed by atoms with Gasteiger partial charge in [-0.1, -0.05) is 213 Å². The monoisotopic (exact) mass is 843 g/mol. The molecule has 0 radical (unpaired) electrons. The summed E-state index contributed by atoms with van der Waals surface area (Å²) in [5, 5.41) is 0. The standard InChI is InChI=1S/C55H86O6/c1-4-7-10-13-16-19-21-23-25-27-28-30-31-33-36-39-42-45-48-54(57)60-51-52(50-59-53(56)47-44-41-38-35-18-15-12-9-6-3)61-55(58)49-46-43-40-37-34-32-29-26-24-22-20-17-14-11-8-5-2/h9-10,12-13,16,18-19,21,23,25-30,32,34-35,41,44,52H,4-8,11,14-15,17,20,22,24,31,33,36-40,42-43,45-51H2,1-3H3/b12-9-,13-10-,19-16-,23-21-,27-25-,29-26-,30-28-,34-32-,35-18-,44-41-. The minimum atomic E-state index is -0.840. The molecule has 6 heteroatoms. The number of ether oxygens (including phenoxy) is 3. The molecule has 0 aromatic rings. The summed E-state index contributed by atoms with van der Waals surface area (Å²) >= 11 is 0. The fourth-order valence-corrected chi connectivity index (χ4v) is 5.99. The summed E-state index contributed by atoms with van der Waals surface area (Å²) in [6, 6.07) is 0. The van der Waals surface area contributed by atoms with Crippen molar-refractivity contribution < 1.29 is 28.6 Å². The van der Waals surface area contributed by atoms with E-state index in [0.29, 0.717) is 12.8 Å². The van der Waals surface area contributed by atoms with Crippen molar-refractivity contribution in [3.8, 4) is 0 Å². The van der Waals surface area contributed by atoms with Crippen molar-refractivity contribution in [3.05, 3.63) is 122 Å². The zero-order valence-corrected chi connectivity index (χ0v) is 38.9. The van der Waals surface area contributed by atoms with E-state index >= 15 is 0 Å². The lowest BCUT2D eigenvalue weighted by Crippen LogP contribution is -2.30. The van der Waals surface area contributed by atoms with Gasteiger partial charge in [-0.25, -0.2) is 0 Å². The van der Waals surface area contributed by atoms with E-state index < -0.39 is 12.1 Å². The van der Waals surface area contributed by atoms with E-state index in [4.69, 9.17) is 14.2 Å². The molecule has 0 aliphatic heterocycles. The highest BCUT2D eigenvalue weighted by Crippen LogP contribution is 2.12. The normalized spacial score (nSPS) is 13.2. The number of carbonyl (C=O) groups excluding carboxylic acids is 3. The highest BCUT2D eigenvalue weighted by Gasteiger charge is 2.19. The first-order valence-corrected chi connectivity index (χ1v) is 24.1. The molecule has 0 aliphatic carbocycles. The van der Waals surface area contributed by atoms with Crippen LogP contribution in [0.5, 0.6) is 0 Å². The van der Waals surface area contributed by atoms with Gasteiger partial charge in [0.25, 0.3) is 0 Å². The number of allylic oxidation sites excluding steroid dienone is 19. The second kappa shape index (κ2) is 48.5. The lowest BCUT2D eigenvalue weighted by molar-refractivity contribution is -0.166. The molecule has 0 aromatic carbocycles. The number of unbranched alkanes of at least 4 members (excludes halogenated alkanes) is 16. The molecule has 342 valence electrons. The fraction of sp³-hybridized carbons (Fsp3) is 0.582. The molecule has 0 aliphatic rings. The van der Waals surface area contributed by atoms with Crippen LogP contribution in [0.3, 0.4) is 0 Å². The molecular weight excluding hydrogens is 757 g/mol. The van der Waals surface area contributed by atoms with Gasteiger partial charge in [-0.15, -0.1) is 0 Å². The number of hydrogen-bond donors (Lipinski definition) is 0. The van der Waals surface area contributed by atoms with Crippen molar-refractivity contribution in [2.24, 2.45) is 0 Å². The molecule has 0 spiro atoms. The number of esters is 3. The maximum absolute atomic E-state index is 12.7. The fourth-order valence-electron chi connectivity index (χ4n) is 5.99. The molecule has 0 aromatic heterocycles. The van der Waals surface area contributed by atoms with E-state index in [1.165, 1.54) is 51.4 Å². The smallest absolute Gasteiger partial charge is 0.309 e. The van der Waals surface area contributed by atoms with Crippen molar-refractivity contribution in [1.29, 1.82) is 0 Å². The summed E-state index contributed by atoms with van der Waals surface area (Å²) in [6.07, 6.45) is 66.4. The summed E-state index contributed by atoms with van der Waals surface area (Å²) in [6.45, 7) is 6.25. The quantitative estimate of drug-likeness (QED) is 0.0201. The zero-order chi connectivity index (χ0) is 44.4. The van der Waals surface area contributed by atoms with Crippen molar-refractivity contribution >= 4 is 17.9 Å². The molecule has 0 bridgehead atoms. The van der Waals surface area contributed by atoms with E-state index in [-0.39, 0.29) is 38.0 Å². The maximum Gasteiger partial charge on any atom is 0.309 e. The second-order valence-electron chi connectivity index (χ2n) is 15.4. The third-order valence-corrected chi connectivity index (χ3v) is 9.59. The van der Waals surface area contributed by atoms with Crippen LogP contribution in [-0.2, 0) is 28.6 Å². The molecule has 0 heterocycles. The Balaban J connectivity index is 4.53. The third kappa shape index (κ3) is 46.7. The molecule has 0 N–H and O–H groups in total. The lowest BCUT2D eigenvalue weighted by Gasteiger charge is -2.18. The first-order chi connectivity index (χ1) is 30.0. The predicted molar refractivity (Wildman–Crippen MR) is 260 cm³/mol. The van der Waals surface area contributed by atoms with Crippen molar-refractivity contribution in [3.63, 3.8) is 0 Å². The molecular formula is C55H86O6. The van der Waals surface area contributed by atoms with Gasteiger partial charge in [-0.3, -0.25) is 14.4 Å². The van der Waals surface area contributed by atoms with Crippen LogP contribution < -0.4 is 0 Å². The van der Waals surface area contributed by atoms with Crippen LogP contribution in [0.15, 0.2) is 122 Å². The van der Waals surface area contributed by atoms with Crippen LogP contribution in [0.2, 0.25) is 0 Å². The highest BCUT2D eigenvalue weighted by atomic mass is 16.6. The van der Waals surface area contributed by atoms with Crippen LogP contribution in [0, 0.1) is 0 Å².